The van der Waals surface area contributed by atoms with Crippen molar-refractivity contribution in [1.29, 1.82) is 0 Å². The molecular weight excluding hydrogens is 383 g/mol. The fraction of sp³-hybridized carbons (Fsp3) is 0.381. The third-order valence-corrected chi connectivity index (χ3v) is 7.08. The molecule has 0 spiro atoms. The third-order valence-electron chi connectivity index (χ3n) is 5.24. The van der Waals surface area contributed by atoms with Crippen LogP contribution < -0.4 is 0 Å². The van der Waals surface area contributed by atoms with E-state index in [2.05, 4.69) is 37.5 Å². The highest BCUT2D eigenvalue weighted by atomic mass is 35.5. The highest BCUT2D eigenvalue weighted by Crippen LogP contribution is 2.48. The van der Waals surface area contributed by atoms with Gasteiger partial charge < -0.3 is 4.57 Å². The van der Waals surface area contributed by atoms with Gasteiger partial charge in [-0.1, -0.05) is 55.7 Å². The van der Waals surface area contributed by atoms with Crippen molar-refractivity contribution in [2.24, 2.45) is 0 Å². The molecule has 1 aliphatic heterocycles. The standard InChI is InChI=1S/C21H22Cl2N2S/c1-4-13-8-10-25-17-7-9-24-19(12(2)3)18(17)21(20(13)25)26-14-5-6-15(22)16(23)11-14/h5-7,9,11-13H,4,8,10H2,1-3H3. The van der Waals surface area contributed by atoms with Crippen LogP contribution >= 0.6 is 35.0 Å². The van der Waals surface area contributed by atoms with Crippen molar-refractivity contribution in [2.75, 3.05) is 0 Å². The largest absolute Gasteiger partial charge is 0.343 e. The Bertz CT molecular complexity index is 978. The van der Waals surface area contributed by atoms with E-state index in [0.717, 1.165) is 17.9 Å². The molecule has 0 amide bonds. The molecule has 26 heavy (non-hydrogen) atoms. The number of hydrogen-bond donors (Lipinski definition) is 0. The number of aromatic nitrogens is 2. The number of halogens is 2. The molecule has 0 aliphatic carbocycles. The summed E-state index contributed by atoms with van der Waals surface area (Å²) in [6.07, 6.45) is 4.34. The molecule has 0 saturated carbocycles. The molecule has 1 aliphatic rings. The van der Waals surface area contributed by atoms with Crippen molar-refractivity contribution in [3.05, 3.63) is 51.9 Å². The van der Waals surface area contributed by atoms with Crippen LogP contribution in [0.25, 0.3) is 10.9 Å². The first-order valence-corrected chi connectivity index (χ1v) is 10.7. The Balaban J connectivity index is 1.95. The summed E-state index contributed by atoms with van der Waals surface area (Å²) < 4.78 is 2.51. The molecule has 0 radical (unpaired) electrons. The van der Waals surface area contributed by atoms with Gasteiger partial charge in [0.15, 0.2) is 0 Å². The van der Waals surface area contributed by atoms with E-state index < -0.39 is 0 Å². The zero-order valence-corrected chi connectivity index (χ0v) is 17.5. The van der Waals surface area contributed by atoms with Crippen LogP contribution in [0, 0.1) is 0 Å². The SMILES string of the molecule is CCC1CCn2c1c(Sc1ccc(Cl)c(Cl)c1)c1c(C(C)C)nccc12. The minimum atomic E-state index is 0.384. The maximum absolute atomic E-state index is 6.26. The molecule has 1 aromatic carbocycles. The predicted molar refractivity (Wildman–Crippen MR) is 112 cm³/mol. The molecule has 2 nitrogen and oxygen atoms in total. The van der Waals surface area contributed by atoms with Gasteiger partial charge in [-0.15, -0.1) is 0 Å². The van der Waals surface area contributed by atoms with Crippen LogP contribution in [0.3, 0.4) is 0 Å². The maximum atomic E-state index is 6.26. The third kappa shape index (κ3) is 2.94. The predicted octanol–water partition coefficient (Wildman–Crippen LogP) is 7.52. The number of pyridine rings is 1. The molecule has 2 aromatic heterocycles. The maximum Gasteiger partial charge on any atom is 0.0603 e. The van der Waals surface area contributed by atoms with Gasteiger partial charge in [0.2, 0.25) is 0 Å². The van der Waals surface area contributed by atoms with Crippen LogP contribution in [-0.2, 0) is 6.54 Å². The Labute approximate surface area is 168 Å². The Hall–Kier alpha value is -1.16. The first-order chi connectivity index (χ1) is 12.5. The van der Waals surface area contributed by atoms with Gasteiger partial charge in [-0.3, -0.25) is 4.98 Å². The lowest BCUT2D eigenvalue weighted by Gasteiger charge is -2.12. The Morgan fingerprint density at radius 2 is 2.04 bits per heavy atom. The minimum Gasteiger partial charge on any atom is -0.343 e. The number of hydrogen-bond acceptors (Lipinski definition) is 2. The second-order valence-electron chi connectivity index (χ2n) is 7.18. The first kappa shape index (κ1) is 18.2. The second kappa shape index (κ2) is 7.10. The Kier molecular flexibility index (Phi) is 4.98. The lowest BCUT2D eigenvalue weighted by Crippen LogP contribution is -1.96. The monoisotopic (exact) mass is 404 g/mol. The topological polar surface area (TPSA) is 17.8 Å². The van der Waals surface area contributed by atoms with E-state index in [1.165, 1.54) is 33.6 Å². The molecule has 136 valence electrons. The van der Waals surface area contributed by atoms with E-state index in [1.54, 1.807) is 11.8 Å². The average Bonchev–Trinajstić information content (AvgIpc) is 3.17. The van der Waals surface area contributed by atoms with Crippen molar-refractivity contribution < 1.29 is 0 Å². The Morgan fingerprint density at radius 1 is 1.23 bits per heavy atom. The number of aryl methyl sites for hydroxylation is 1. The van der Waals surface area contributed by atoms with Crippen LogP contribution in [0.15, 0.2) is 40.3 Å². The smallest absolute Gasteiger partial charge is 0.0603 e. The van der Waals surface area contributed by atoms with E-state index in [1.807, 2.05) is 18.3 Å². The minimum absolute atomic E-state index is 0.384. The summed E-state index contributed by atoms with van der Waals surface area (Å²) in [4.78, 5) is 7.20. The van der Waals surface area contributed by atoms with Crippen molar-refractivity contribution in [3.8, 4) is 0 Å². The van der Waals surface area contributed by atoms with Gasteiger partial charge in [-0.2, -0.15) is 0 Å². The van der Waals surface area contributed by atoms with Gasteiger partial charge in [-0.05, 0) is 43.0 Å². The summed E-state index contributed by atoms with van der Waals surface area (Å²) in [6, 6.07) is 8.06. The summed E-state index contributed by atoms with van der Waals surface area (Å²) in [5.74, 6) is 0.989. The highest BCUT2D eigenvalue weighted by molar-refractivity contribution is 7.99. The lowest BCUT2D eigenvalue weighted by atomic mass is 10.00. The number of benzene rings is 1. The van der Waals surface area contributed by atoms with Crippen LogP contribution in [0.5, 0.6) is 0 Å². The average molecular weight is 405 g/mol. The molecule has 1 unspecified atom stereocenters. The molecule has 1 atom stereocenters. The van der Waals surface area contributed by atoms with Crippen LogP contribution in [-0.4, -0.2) is 9.55 Å². The molecule has 0 bridgehead atoms. The van der Waals surface area contributed by atoms with Gasteiger partial charge in [0.05, 0.1) is 21.3 Å². The summed E-state index contributed by atoms with van der Waals surface area (Å²) in [7, 11) is 0. The number of fused-ring (bicyclic) bond motifs is 3. The van der Waals surface area contributed by atoms with Gasteiger partial charge in [0.1, 0.15) is 0 Å². The van der Waals surface area contributed by atoms with Crippen LogP contribution in [0.4, 0.5) is 0 Å². The van der Waals surface area contributed by atoms with Crippen LogP contribution in [0.2, 0.25) is 10.0 Å². The summed E-state index contributed by atoms with van der Waals surface area (Å²) in [5, 5.41) is 2.51. The normalized spacial score (nSPS) is 16.6. The van der Waals surface area contributed by atoms with Gasteiger partial charge >= 0.3 is 0 Å². The zero-order chi connectivity index (χ0) is 18.4. The second-order valence-corrected chi connectivity index (χ2v) is 9.08. The van der Waals surface area contributed by atoms with Crippen molar-refractivity contribution in [3.63, 3.8) is 0 Å². The van der Waals surface area contributed by atoms with Gasteiger partial charge in [0.25, 0.3) is 0 Å². The summed E-state index contributed by atoms with van der Waals surface area (Å²) in [6.45, 7) is 7.81. The molecule has 3 aromatic rings. The molecule has 4 rings (SSSR count). The van der Waals surface area contributed by atoms with E-state index >= 15 is 0 Å². The van der Waals surface area contributed by atoms with Gasteiger partial charge in [-0.25, -0.2) is 0 Å². The van der Waals surface area contributed by atoms with Crippen molar-refractivity contribution in [1.82, 2.24) is 9.55 Å². The highest BCUT2D eigenvalue weighted by Gasteiger charge is 2.30. The Morgan fingerprint density at radius 3 is 2.73 bits per heavy atom. The van der Waals surface area contributed by atoms with E-state index in [4.69, 9.17) is 28.2 Å². The van der Waals surface area contributed by atoms with Crippen molar-refractivity contribution >= 4 is 45.9 Å². The van der Waals surface area contributed by atoms with Gasteiger partial charge in [0, 0.05) is 39.5 Å². The summed E-state index contributed by atoms with van der Waals surface area (Å²) >= 11 is 14.2. The summed E-state index contributed by atoms with van der Waals surface area (Å²) in [5.41, 5.74) is 3.97. The van der Waals surface area contributed by atoms with Crippen LogP contribution in [0.1, 0.15) is 56.8 Å². The zero-order valence-electron chi connectivity index (χ0n) is 15.2. The molecule has 0 N–H and O–H groups in total. The molecular formula is C21H22Cl2N2S. The quantitative estimate of drug-likeness (QED) is 0.447. The van der Waals surface area contributed by atoms with Crippen molar-refractivity contribution in [2.45, 2.75) is 61.8 Å². The van der Waals surface area contributed by atoms with E-state index in [-0.39, 0.29) is 0 Å². The fourth-order valence-electron chi connectivity index (χ4n) is 3.97. The lowest BCUT2D eigenvalue weighted by molar-refractivity contribution is 0.642. The molecule has 0 saturated heterocycles. The number of rotatable bonds is 4. The molecule has 5 heteroatoms. The number of nitrogens with zero attached hydrogens (tertiary/aromatic N) is 2. The molecule has 3 heterocycles. The van der Waals surface area contributed by atoms with E-state index in [9.17, 15) is 0 Å². The first-order valence-electron chi connectivity index (χ1n) is 9.15. The molecule has 0 fully saturated rings. The van der Waals surface area contributed by atoms with E-state index in [0.29, 0.717) is 21.9 Å². The fourth-order valence-corrected chi connectivity index (χ4v) is 5.57.